The van der Waals surface area contributed by atoms with Crippen molar-refractivity contribution in [3.05, 3.63) is 18.3 Å². The summed E-state index contributed by atoms with van der Waals surface area (Å²) in [6, 6.07) is 2.95. The van der Waals surface area contributed by atoms with Crippen LogP contribution in [0.1, 0.15) is 13.8 Å². The van der Waals surface area contributed by atoms with E-state index in [4.69, 9.17) is 5.73 Å². The number of nitrogens with zero attached hydrogens (tertiary/aromatic N) is 2. The number of pyridine rings is 1. The summed E-state index contributed by atoms with van der Waals surface area (Å²) in [6.45, 7) is 4.45. The lowest BCUT2D eigenvalue weighted by Gasteiger charge is -2.17. The summed E-state index contributed by atoms with van der Waals surface area (Å²) in [5.41, 5.74) is 5.89. The van der Waals surface area contributed by atoms with E-state index in [1.54, 1.807) is 13.8 Å². The Morgan fingerprint density at radius 2 is 1.93 bits per heavy atom. The normalized spacial score (nSPS) is 11.9. The van der Waals surface area contributed by atoms with Gasteiger partial charge in [-0.1, -0.05) is 13.8 Å². The predicted octanol–water partition coefficient (Wildman–Crippen LogP) is 0.694. The van der Waals surface area contributed by atoms with Crippen molar-refractivity contribution in [1.29, 1.82) is 0 Å². The van der Waals surface area contributed by atoms with Crippen LogP contribution in [0.5, 0.6) is 0 Å². The number of nitrogen functional groups attached to an aromatic ring is 1. The van der Waals surface area contributed by atoms with Crippen LogP contribution in [0, 0.1) is 0 Å². The van der Waals surface area contributed by atoms with Gasteiger partial charge >= 0.3 is 0 Å². The molecule has 2 N–H and O–H groups in total. The maximum Gasteiger partial charge on any atom is 0.260 e. The van der Waals surface area contributed by atoms with Crippen LogP contribution in [-0.4, -0.2) is 30.8 Å². The van der Waals surface area contributed by atoms with Gasteiger partial charge in [-0.25, -0.2) is 13.4 Å². The van der Waals surface area contributed by atoms with Gasteiger partial charge in [0, 0.05) is 13.1 Å². The molecule has 1 heterocycles. The molecule has 0 amide bonds. The molecule has 0 aliphatic carbocycles. The Morgan fingerprint density at radius 1 is 1.33 bits per heavy atom. The number of aromatic nitrogens is 1. The van der Waals surface area contributed by atoms with E-state index in [1.165, 1.54) is 22.6 Å². The van der Waals surface area contributed by atoms with Gasteiger partial charge in [-0.05, 0) is 12.1 Å². The van der Waals surface area contributed by atoms with E-state index < -0.39 is 10.0 Å². The van der Waals surface area contributed by atoms with E-state index in [2.05, 4.69) is 4.98 Å². The van der Waals surface area contributed by atoms with Gasteiger partial charge in [0.2, 0.25) is 0 Å². The topological polar surface area (TPSA) is 76.3 Å². The van der Waals surface area contributed by atoms with Crippen molar-refractivity contribution in [2.75, 3.05) is 18.8 Å². The molecule has 0 aliphatic heterocycles. The summed E-state index contributed by atoms with van der Waals surface area (Å²) >= 11 is 0. The molecule has 6 heteroatoms. The van der Waals surface area contributed by atoms with E-state index >= 15 is 0 Å². The molecule has 0 saturated heterocycles. The average molecular weight is 229 g/mol. The fourth-order valence-electron chi connectivity index (χ4n) is 1.24. The van der Waals surface area contributed by atoms with E-state index in [-0.39, 0.29) is 5.03 Å². The molecule has 84 valence electrons. The molecule has 0 aliphatic rings. The van der Waals surface area contributed by atoms with Gasteiger partial charge < -0.3 is 5.73 Å². The van der Waals surface area contributed by atoms with E-state index in [1.807, 2.05) is 0 Å². The van der Waals surface area contributed by atoms with Crippen LogP contribution in [0.25, 0.3) is 0 Å². The first-order valence-electron chi connectivity index (χ1n) is 4.74. The van der Waals surface area contributed by atoms with Crippen molar-refractivity contribution >= 4 is 15.7 Å². The van der Waals surface area contributed by atoms with Gasteiger partial charge in [-0.3, -0.25) is 0 Å². The van der Waals surface area contributed by atoms with Gasteiger partial charge in [-0.2, -0.15) is 4.31 Å². The van der Waals surface area contributed by atoms with E-state index in [0.29, 0.717) is 18.8 Å². The van der Waals surface area contributed by atoms with Crippen LogP contribution < -0.4 is 5.73 Å². The van der Waals surface area contributed by atoms with Crippen molar-refractivity contribution in [1.82, 2.24) is 9.29 Å². The lowest BCUT2D eigenvalue weighted by molar-refractivity contribution is 0.443. The minimum atomic E-state index is -3.45. The molecular formula is C9H15N3O2S. The Labute approximate surface area is 90.0 Å². The molecule has 1 rings (SSSR count). The highest BCUT2D eigenvalue weighted by molar-refractivity contribution is 7.89. The van der Waals surface area contributed by atoms with Gasteiger partial charge in [0.15, 0.2) is 5.03 Å². The van der Waals surface area contributed by atoms with Crippen molar-refractivity contribution in [3.63, 3.8) is 0 Å². The molecule has 0 aromatic carbocycles. The number of rotatable bonds is 4. The van der Waals surface area contributed by atoms with Crippen LogP contribution in [0.2, 0.25) is 0 Å². The Morgan fingerprint density at radius 3 is 2.33 bits per heavy atom. The fraction of sp³-hybridized carbons (Fsp3) is 0.444. The number of nitrogens with two attached hydrogens (primary N) is 1. The second-order valence-corrected chi connectivity index (χ2v) is 4.90. The highest BCUT2D eigenvalue weighted by Crippen LogP contribution is 2.13. The molecule has 5 nitrogen and oxygen atoms in total. The Balaban J connectivity index is 3.11. The Hall–Kier alpha value is -1.14. The highest BCUT2D eigenvalue weighted by Gasteiger charge is 2.22. The third-order valence-electron chi connectivity index (χ3n) is 2.07. The molecule has 1 aromatic heterocycles. The first-order chi connectivity index (χ1) is 7.02. The number of sulfonamides is 1. The molecule has 0 radical (unpaired) electrons. The fourth-order valence-corrected chi connectivity index (χ4v) is 2.61. The van der Waals surface area contributed by atoms with Crippen LogP contribution in [0.4, 0.5) is 5.69 Å². The average Bonchev–Trinajstić information content (AvgIpc) is 2.19. The SMILES string of the molecule is CCN(CC)S(=O)(=O)c1ccc(N)cn1. The van der Waals surface area contributed by atoms with Crippen LogP contribution in [0.15, 0.2) is 23.4 Å². The minimum Gasteiger partial charge on any atom is -0.397 e. The van der Waals surface area contributed by atoms with Crippen molar-refractivity contribution in [3.8, 4) is 0 Å². The largest absolute Gasteiger partial charge is 0.397 e. The highest BCUT2D eigenvalue weighted by atomic mass is 32.2. The van der Waals surface area contributed by atoms with E-state index in [0.717, 1.165) is 0 Å². The molecule has 0 atom stereocenters. The number of hydrogen-bond donors (Lipinski definition) is 1. The maximum atomic E-state index is 11.9. The monoisotopic (exact) mass is 229 g/mol. The zero-order chi connectivity index (χ0) is 11.5. The van der Waals surface area contributed by atoms with Crippen molar-refractivity contribution in [2.45, 2.75) is 18.9 Å². The second-order valence-electron chi connectivity index (χ2n) is 3.02. The molecule has 1 aromatic rings. The lowest BCUT2D eigenvalue weighted by Crippen LogP contribution is -2.31. The molecular weight excluding hydrogens is 214 g/mol. The van der Waals surface area contributed by atoms with Gasteiger partial charge in [0.25, 0.3) is 10.0 Å². The summed E-state index contributed by atoms with van der Waals surface area (Å²) in [4.78, 5) is 3.81. The summed E-state index contributed by atoms with van der Waals surface area (Å²) < 4.78 is 25.2. The minimum absolute atomic E-state index is 0.0420. The zero-order valence-corrected chi connectivity index (χ0v) is 9.66. The molecule has 0 fully saturated rings. The van der Waals surface area contributed by atoms with Gasteiger partial charge in [0.05, 0.1) is 11.9 Å². The summed E-state index contributed by atoms with van der Waals surface area (Å²) in [5, 5.41) is 0.0420. The second kappa shape index (κ2) is 4.59. The van der Waals surface area contributed by atoms with E-state index in [9.17, 15) is 8.42 Å². The quantitative estimate of drug-likeness (QED) is 0.824. The van der Waals surface area contributed by atoms with Crippen LogP contribution in [0.3, 0.4) is 0 Å². The summed E-state index contributed by atoms with van der Waals surface area (Å²) in [6.07, 6.45) is 1.34. The molecule has 0 spiro atoms. The number of anilines is 1. The first-order valence-corrected chi connectivity index (χ1v) is 6.18. The zero-order valence-electron chi connectivity index (χ0n) is 8.84. The standard InChI is InChI=1S/C9H15N3O2S/c1-3-12(4-2)15(13,14)9-6-5-8(10)7-11-9/h5-7H,3-4,10H2,1-2H3. The van der Waals surface area contributed by atoms with Crippen molar-refractivity contribution < 1.29 is 8.42 Å². The third-order valence-corrected chi connectivity index (χ3v) is 4.04. The molecule has 0 bridgehead atoms. The number of hydrogen-bond acceptors (Lipinski definition) is 4. The Kier molecular flexibility index (Phi) is 3.65. The van der Waals surface area contributed by atoms with Gasteiger partial charge in [0.1, 0.15) is 0 Å². The summed E-state index contributed by atoms with van der Waals surface area (Å²) in [5.74, 6) is 0. The predicted molar refractivity (Wildman–Crippen MR) is 58.8 cm³/mol. The molecule has 15 heavy (non-hydrogen) atoms. The van der Waals surface area contributed by atoms with Crippen LogP contribution >= 0.6 is 0 Å². The van der Waals surface area contributed by atoms with Gasteiger partial charge in [-0.15, -0.1) is 0 Å². The smallest absolute Gasteiger partial charge is 0.260 e. The lowest BCUT2D eigenvalue weighted by atomic mass is 10.4. The maximum absolute atomic E-state index is 11.9. The first kappa shape index (κ1) is 11.9. The van der Waals surface area contributed by atoms with Crippen LogP contribution in [-0.2, 0) is 10.0 Å². The molecule has 0 unspecified atom stereocenters. The Bertz CT molecular complexity index is 409. The molecule has 0 saturated carbocycles. The third kappa shape index (κ3) is 2.45. The summed E-state index contributed by atoms with van der Waals surface area (Å²) in [7, 11) is -3.45. The van der Waals surface area contributed by atoms with Crippen molar-refractivity contribution in [2.24, 2.45) is 0 Å².